The molecule has 0 aliphatic rings. The molecule has 0 radical (unpaired) electrons. The number of rotatable bonds is 3. The van der Waals surface area contributed by atoms with Crippen molar-refractivity contribution in [2.45, 2.75) is 32.6 Å². The minimum Gasteiger partial charge on any atom is -0.601 e. The highest BCUT2D eigenvalue weighted by Gasteiger charge is 2.12. The van der Waals surface area contributed by atoms with Gasteiger partial charge in [0.05, 0.1) is 0 Å². The summed E-state index contributed by atoms with van der Waals surface area (Å²) in [4.78, 5) is -1.88. The number of hydrogen-bond acceptors (Lipinski definition) is 3. The number of hydrogen-bond donors (Lipinski definition) is 0. The van der Waals surface area contributed by atoms with Crippen LogP contribution in [0.2, 0.25) is 0 Å². The van der Waals surface area contributed by atoms with Crippen molar-refractivity contribution in [3.8, 4) is 0 Å². The molecule has 0 nitrogen and oxygen atoms in total. The van der Waals surface area contributed by atoms with Crippen LogP contribution in [0.4, 0.5) is 0 Å². The van der Waals surface area contributed by atoms with Crippen LogP contribution in [0.5, 0.6) is 0 Å². The van der Waals surface area contributed by atoms with Gasteiger partial charge in [-0.15, -0.1) is 0 Å². The smallest absolute Gasteiger partial charge is 0.00468 e. The molecule has 1 aromatic carbocycles. The summed E-state index contributed by atoms with van der Waals surface area (Å²) in [6.07, 6.45) is 1.73. The van der Waals surface area contributed by atoms with Crippen molar-refractivity contribution >= 4 is 41.6 Å². The van der Waals surface area contributed by atoms with Crippen LogP contribution in [0.1, 0.15) is 31.9 Å². The zero-order chi connectivity index (χ0) is 12.4. The monoisotopic (exact) mass is 288 g/mol. The molecule has 0 aliphatic carbocycles. The molecular weight excluding hydrogens is 271 g/mol. The lowest BCUT2D eigenvalue weighted by molar-refractivity contribution is 0.590. The Bertz CT molecular complexity index is 333. The van der Waals surface area contributed by atoms with Gasteiger partial charge in [0.1, 0.15) is 0 Å². The third kappa shape index (κ3) is 5.35. The molecule has 0 saturated heterocycles. The highest BCUT2D eigenvalue weighted by Crippen LogP contribution is 2.51. The molecule has 0 heterocycles. The molecule has 16 heavy (non-hydrogen) atoms. The molecule has 0 fully saturated rings. The molecule has 4 heteroatoms. The van der Waals surface area contributed by atoms with Crippen LogP contribution in [0, 0.1) is 0 Å². The Hall–Kier alpha value is 0.700. The summed E-state index contributed by atoms with van der Waals surface area (Å²) in [7, 11) is 0. The molecule has 0 atom stereocenters. The third-order valence-electron chi connectivity index (χ3n) is 2.49. The van der Waals surface area contributed by atoms with Gasteiger partial charge in [-0.3, -0.25) is 0 Å². The Morgan fingerprint density at radius 3 is 1.88 bits per heavy atom. The summed E-state index contributed by atoms with van der Waals surface area (Å²) in [6, 6.07) is 8.70. The largest absolute Gasteiger partial charge is 0.601 e. The summed E-state index contributed by atoms with van der Waals surface area (Å²) < 4.78 is 0. The zero-order valence-electron chi connectivity index (χ0n) is 9.90. The van der Waals surface area contributed by atoms with E-state index in [1.54, 1.807) is 0 Å². The van der Waals surface area contributed by atoms with Crippen molar-refractivity contribution in [3.05, 3.63) is 35.4 Å². The van der Waals surface area contributed by atoms with E-state index in [2.05, 4.69) is 45.0 Å². The first-order valence-electron chi connectivity index (χ1n) is 5.29. The summed E-state index contributed by atoms with van der Waals surface area (Å²) in [5.41, 5.74) is 2.85. The van der Waals surface area contributed by atoms with Gasteiger partial charge in [0, 0.05) is 12.6 Å². The quantitative estimate of drug-likeness (QED) is 0.611. The van der Waals surface area contributed by atoms with Gasteiger partial charge < -0.3 is 41.6 Å². The lowest BCUT2D eigenvalue weighted by atomic mass is 9.86. The van der Waals surface area contributed by atoms with Crippen LogP contribution in [-0.2, 0) is 48.6 Å². The van der Waals surface area contributed by atoms with Crippen molar-refractivity contribution in [1.29, 1.82) is 0 Å². The van der Waals surface area contributed by atoms with E-state index in [0.29, 0.717) is 0 Å². The van der Waals surface area contributed by atoms with E-state index in [9.17, 15) is 0 Å². The fourth-order valence-electron chi connectivity index (χ4n) is 1.44. The second kappa shape index (κ2) is 5.56. The number of aryl methyl sites for hydroxylation is 1. The van der Waals surface area contributed by atoms with Gasteiger partial charge >= 0.3 is 0 Å². The van der Waals surface area contributed by atoms with Gasteiger partial charge in [0.25, 0.3) is 0 Å². The maximum absolute atomic E-state index is 5.11. The summed E-state index contributed by atoms with van der Waals surface area (Å²) >= 11 is 15.3. The van der Waals surface area contributed by atoms with E-state index in [1.165, 1.54) is 11.1 Å². The normalized spacial score (nSPS) is 12.9. The SMILES string of the molecule is CC(C)(C)c1ccc(CC[P+]([S-])([S-])[S-])cc1. The molecule has 1 aromatic rings. The minimum absolute atomic E-state index is 0.212. The highest BCUT2D eigenvalue weighted by molar-refractivity contribution is 8.96. The molecule has 90 valence electrons. The topological polar surface area (TPSA) is 0 Å². The Morgan fingerprint density at radius 2 is 1.50 bits per heavy atom. The molecule has 0 amide bonds. The summed E-state index contributed by atoms with van der Waals surface area (Å²) in [5, 5.41) is 0. The Morgan fingerprint density at radius 1 is 1.00 bits per heavy atom. The first-order valence-corrected chi connectivity index (χ1v) is 10.3. The highest BCUT2D eigenvalue weighted by atomic mass is 33.4. The van der Waals surface area contributed by atoms with Crippen LogP contribution in [0.25, 0.3) is 0 Å². The second-order valence-electron chi connectivity index (χ2n) is 5.03. The molecule has 0 unspecified atom stereocenters. The van der Waals surface area contributed by atoms with E-state index in [-0.39, 0.29) is 5.41 Å². The maximum atomic E-state index is 5.11. The standard InChI is InChI=1S/C12H19PS3/c1-12(2,3)11-6-4-10(5-7-11)8-9-13(14,15)16/h4-7H,8-9H2,1-3H3,(H2,14,15,16)/p-2. The first-order chi connectivity index (χ1) is 7.18. The van der Waals surface area contributed by atoms with Crippen molar-refractivity contribution in [1.82, 2.24) is 0 Å². The van der Waals surface area contributed by atoms with Crippen LogP contribution in [0.15, 0.2) is 24.3 Å². The average molecular weight is 288 g/mol. The average Bonchev–Trinajstić information content (AvgIpc) is 2.13. The lowest BCUT2D eigenvalue weighted by Crippen LogP contribution is -2.10. The summed E-state index contributed by atoms with van der Waals surface area (Å²) in [6.45, 7) is 6.65. The maximum Gasteiger partial charge on any atom is 0.00468 e. The minimum atomic E-state index is -1.88. The Balaban J connectivity index is 2.66. The number of benzene rings is 1. The van der Waals surface area contributed by atoms with Gasteiger partial charge in [-0.25, -0.2) is 0 Å². The van der Waals surface area contributed by atoms with E-state index < -0.39 is 4.87 Å². The second-order valence-corrected chi connectivity index (χ2v) is 14.4. The van der Waals surface area contributed by atoms with Crippen LogP contribution in [0.3, 0.4) is 0 Å². The Kier molecular flexibility index (Phi) is 5.13. The van der Waals surface area contributed by atoms with E-state index >= 15 is 0 Å². The molecule has 0 bridgehead atoms. The van der Waals surface area contributed by atoms with E-state index in [4.69, 9.17) is 36.7 Å². The van der Waals surface area contributed by atoms with Gasteiger partial charge in [-0.2, -0.15) is 0 Å². The summed E-state index contributed by atoms with van der Waals surface area (Å²) in [5.74, 6) is 0. The molecular formula is C12H17PS3-2. The third-order valence-corrected chi connectivity index (χ3v) is 4.91. The van der Waals surface area contributed by atoms with Gasteiger partial charge in [-0.1, -0.05) is 45.0 Å². The molecule has 0 N–H and O–H groups in total. The molecule has 0 aromatic heterocycles. The van der Waals surface area contributed by atoms with Gasteiger partial charge in [0.2, 0.25) is 0 Å². The van der Waals surface area contributed by atoms with Crippen LogP contribution < -0.4 is 0 Å². The van der Waals surface area contributed by atoms with E-state index in [0.717, 1.165) is 12.6 Å². The first kappa shape index (κ1) is 14.8. The Labute approximate surface area is 115 Å². The molecule has 0 saturated carbocycles. The predicted octanol–water partition coefficient (Wildman–Crippen LogP) is 3.93. The van der Waals surface area contributed by atoms with Crippen molar-refractivity contribution in [2.24, 2.45) is 0 Å². The molecule has 0 aliphatic heterocycles. The lowest BCUT2D eigenvalue weighted by Gasteiger charge is -2.48. The van der Waals surface area contributed by atoms with Crippen molar-refractivity contribution in [2.75, 3.05) is 6.16 Å². The van der Waals surface area contributed by atoms with Crippen LogP contribution >= 0.6 is 4.87 Å². The fraction of sp³-hybridized carbons (Fsp3) is 0.500. The molecule has 1 rings (SSSR count). The fourth-order valence-corrected chi connectivity index (χ4v) is 2.79. The van der Waals surface area contributed by atoms with E-state index in [1.807, 2.05) is 0 Å². The van der Waals surface area contributed by atoms with Crippen molar-refractivity contribution in [3.63, 3.8) is 0 Å². The van der Waals surface area contributed by atoms with Gasteiger partial charge in [-0.05, 0) is 16.5 Å². The van der Waals surface area contributed by atoms with Crippen molar-refractivity contribution < 1.29 is 0 Å². The zero-order valence-corrected chi connectivity index (χ0v) is 13.2. The van der Waals surface area contributed by atoms with Crippen LogP contribution in [-0.4, -0.2) is 6.16 Å². The van der Waals surface area contributed by atoms with Gasteiger partial charge in [0.15, 0.2) is 0 Å². The molecule has 0 spiro atoms. The predicted molar refractivity (Wildman–Crippen MR) is 82.7 cm³/mol.